The molecule has 0 aliphatic carbocycles. The fourth-order valence-electron chi connectivity index (χ4n) is 3.55. The van der Waals surface area contributed by atoms with Crippen molar-refractivity contribution in [1.82, 2.24) is 25.1 Å². The Kier molecular flexibility index (Phi) is 5.56. The maximum Gasteiger partial charge on any atom is 0.238 e. The summed E-state index contributed by atoms with van der Waals surface area (Å²) in [6, 6.07) is 7.82. The maximum absolute atomic E-state index is 12.7. The molecule has 26 heavy (non-hydrogen) atoms. The first-order valence-electron chi connectivity index (χ1n) is 9.18. The van der Waals surface area contributed by atoms with E-state index in [1.165, 1.54) is 0 Å². The van der Waals surface area contributed by atoms with Crippen LogP contribution in [0.4, 0.5) is 0 Å². The normalized spacial score (nSPS) is 18.5. The summed E-state index contributed by atoms with van der Waals surface area (Å²) in [6.45, 7) is 5.97. The van der Waals surface area contributed by atoms with Crippen molar-refractivity contribution in [3.63, 3.8) is 0 Å². The third kappa shape index (κ3) is 3.88. The number of para-hydroxylation sites is 2. The number of nitrogens with one attached hydrogen (secondary N) is 2. The van der Waals surface area contributed by atoms with Crippen LogP contribution in [0.5, 0.6) is 0 Å². The van der Waals surface area contributed by atoms with E-state index in [0.717, 1.165) is 16.9 Å². The van der Waals surface area contributed by atoms with Gasteiger partial charge in [0.25, 0.3) is 0 Å². The summed E-state index contributed by atoms with van der Waals surface area (Å²) in [5, 5.41) is 2.72. The van der Waals surface area contributed by atoms with Crippen LogP contribution >= 0.6 is 0 Å². The minimum Gasteiger partial charge on any atom is -0.358 e. The maximum atomic E-state index is 12.7. The van der Waals surface area contributed by atoms with Gasteiger partial charge in [0, 0.05) is 45.6 Å². The van der Waals surface area contributed by atoms with Crippen LogP contribution < -0.4 is 5.32 Å². The Morgan fingerprint density at radius 2 is 2.08 bits per heavy atom. The van der Waals surface area contributed by atoms with Gasteiger partial charge in [-0.1, -0.05) is 12.1 Å². The number of H-pyrrole nitrogens is 1. The van der Waals surface area contributed by atoms with E-state index in [1.54, 1.807) is 11.9 Å². The predicted molar refractivity (Wildman–Crippen MR) is 101 cm³/mol. The molecule has 2 aromatic rings. The summed E-state index contributed by atoms with van der Waals surface area (Å²) in [6.07, 6.45) is 0.963. The molecule has 7 heteroatoms. The smallest absolute Gasteiger partial charge is 0.238 e. The highest BCUT2D eigenvalue weighted by Gasteiger charge is 2.34. The molecule has 0 unspecified atom stereocenters. The Morgan fingerprint density at radius 1 is 1.31 bits per heavy atom. The number of aryl methyl sites for hydroxylation is 1. The first-order chi connectivity index (χ1) is 12.5. The van der Waals surface area contributed by atoms with Crippen molar-refractivity contribution in [2.24, 2.45) is 0 Å². The predicted octanol–water partition coefficient (Wildman–Crippen LogP) is 1.16. The molecule has 1 aromatic carbocycles. The molecule has 2 heterocycles. The van der Waals surface area contributed by atoms with Crippen molar-refractivity contribution >= 4 is 22.8 Å². The Labute approximate surface area is 153 Å². The molecule has 0 saturated carbocycles. The van der Waals surface area contributed by atoms with E-state index < -0.39 is 0 Å². The molecule has 1 aliphatic rings. The average Bonchev–Trinajstić information content (AvgIpc) is 3.07. The standard InChI is InChI=1S/C19H27N5O2/c1-13(2)24-11-10-23(12-16(24)19(26)20-3)18(25)9-8-17-21-14-6-4-5-7-15(14)22-17/h4-7,13,16H,8-12H2,1-3H3,(H,20,26)(H,21,22)/t16-/m1/s1. The van der Waals surface area contributed by atoms with E-state index in [9.17, 15) is 9.59 Å². The molecular weight excluding hydrogens is 330 g/mol. The molecule has 2 amide bonds. The van der Waals surface area contributed by atoms with Crippen molar-refractivity contribution in [3.05, 3.63) is 30.1 Å². The summed E-state index contributed by atoms with van der Waals surface area (Å²) < 4.78 is 0. The van der Waals surface area contributed by atoms with Gasteiger partial charge in [0.2, 0.25) is 11.8 Å². The summed E-state index contributed by atoms with van der Waals surface area (Å²) in [4.78, 5) is 36.6. The molecule has 7 nitrogen and oxygen atoms in total. The number of hydrogen-bond donors (Lipinski definition) is 2. The number of imidazole rings is 1. The largest absolute Gasteiger partial charge is 0.358 e. The van der Waals surface area contributed by atoms with Crippen LogP contribution in [0.1, 0.15) is 26.1 Å². The van der Waals surface area contributed by atoms with Crippen molar-refractivity contribution in [2.75, 3.05) is 26.7 Å². The molecule has 2 N–H and O–H groups in total. The van der Waals surface area contributed by atoms with Crippen molar-refractivity contribution in [3.8, 4) is 0 Å². The number of nitrogens with zero attached hydrogens (tertiary/aromatic N) is 3. The number of likely N-dealkylation sites (N-methyl/N-ethyl adjacent to an activating group) is 1. The van der Waals surface area contributed by atoms with E-state index >= 15 is 0 Å². The van der Waals surface area contributed by atoms with Crippen LogP contribution in [0.3, 0.4) is 0 Å². The Hall–Kier alpha value is -2.41. The molecule has 0 radical (unpaired) electrons. The van der Waals surface area contributed by atoms with Crippen LogP contribution in [0.25, 0.3) is 11.0 Å². The number of aromatic nitrogens is 2. The zero-order chi connectivity index (χ0) is 18.7. The third-order valence-electron chi connectivity index (χ3n) is 5.00. The van der Waals surface area contributed by atoms with Crippen LogP contribution in [0, 0.1) is 0 Å². The molecule has 1 atom stereocenters. The fourth-order valence-corrected chi connectivity index (χ4v) is 3.55. The number of carbonyl (C=O) groups excluding carboxylic acids is 2. The van der Waals surface area contributed by atoms with Gasteiger partial charge in [-0.2, -0.15) is 0 Å². The third-order valence-corrected chi connectivity index (χ3v) is 5.00. The van der Waals surface area contributed by atoms with Gasteiger partial charge < -0.3 is 15.2 Å². The Bertz CT molecular complexity index is 752. The molecule has 0 bridgehead atoms. The average molecular weight is 357 g/mol. The lowest BCUT2D eigenvalue weighted by molar-refractivity contribution is -0.139. The van der Waals surface area contributed by atoms with E-state index in [4.69, 9.17) is 0 Å². The lowest BCUT2D eigenvalue weighted by atomic mass is 10.1. The highest BCUT2D eigenvalue weighted by atomic mass is 16.2. The molecule has 1 aliphatic heterocycles. The SMILES string of the molecule is CNC(=O)[C@H]1CN(C(=O)CCc2nc3ccccc3[nH]2)CCN1C(C)C. The van der Waals surface area contributed by atoms with Gasteiger partial charge in [-0.15, -0.1) is 0 Å². The number of aromatic amines is 1. The van der Waals surface area contributed by atoms with Crippen LogP contribution in [0.15, 0.2) is 24.3 Å². The van der Waals surface area contributed by atoms with Crippen molar-refractivity contribution in [2.45, 2.75) is 38.8 Å². The highest BCUT2D eigenvalue weighted by Crippen LogP contribution is 2.16. The number of fused-ring (bicyclic) bond motifs is 1. The van der Waals surface area contributed by atoms with Crippen molar-refractivity contribution < 1.29 is 9.59 Å². The fraction of sp³-hybridized carbons (Fsp3) is 0.526. The molecule has 1 fully saturated rings. The Morgan fingerprint density at radius 3 is 2.77 bits per heavy atom. The number of rotatable bonds is 5. The number of benzene rings is 1. The highest BCUT2D eigenvalue weighted by molar-refractivity contribution is 5.84. The van der Waals surface area contributed by atoms with Gasteiger partial charge in [0.15, 0.2) is 0 Å². The summed E-state index contributed by atoms with van der Waals surface area (Å²) in [5.41, 5.74) is 1.90. The lowest BCUT2D eigenvalue weighted by Crippen LogP contribution is -2.61. The van der Waals surface area contributed by atoms with Gasteiger partial charge in [-0.25, -0.2) is 4.98 Å². The summed E-state index contributed by atoms with van der Waals surface area (Å²) >= 11 is 0. The van der Waals surface area contributed by atoms with E-state index in [1.807, 2.05) is 24.3 Å². The quantitative estimate of drug-likeness (QED) is 0.841. The van der Waals surface area contributed by atoms with Crippen LogP contribution in [-0.4, -0.2) is 70.3 Å². The Balaban J connectivity index is 1.61. The van der Waals surface area contributed by atoms with E-state index in [2.05, 4.69) is 34.0 Å². The molecule has 1 aromatic heterocycles. The van der Waals surface area contributed by atoms with Gasteiger partial charge in [0.05, 0.1) is 11.0 Å². The number of amides is 2. The minimum absolute atomic E-state index is 0.0338. The number of piperazine rings is 1. The monoisotopic (exact) mass is 357 g/mol. The number of hydrogen-bond acceptors (Lipinski definition) is 4. The van der Waals surface area contributed by atoms with Crippen LogP contribution in [-0.2, 0) is 16.0 Å². The van der Waals surface area contributed by atoms with Crippen LogP contribution in [0.2, 0.25) is 0 Å². The zero-order valence-electron chi connectivity index (χ0n) is 15.7. The van der Waals surface area contributed by atoms with Crippen molar-refractivity contribution in [1.29, 1.82) is 0 Å². The molecular formula is C19H27N5O2. The first-order valence-corrected chi connectivity index (χ1v) is 9.18. The van der Waals surface area contributed by atoms with Gasteiger partial charge >= 0.3 is 0 Å². The zero-order valence-corrected chi connectivity index (χ0v) is 15.7. The molecule has 140 valence electrons. The summed E-state index contributed by atoms with van der Waals surface area (Å²) in [5.74, 6) is 0.861. The molecule has 1 saturated heterocycles. The molecule has 0 spiro atoms. The first kappa shape index (κ1) is 18.4. The number of carbonyl (C=O) groups is 2. The van der Waals surface area contributed by atoms with Gasteiger partial charge in [-0.3, -0.25) is 14.5 Å². The second-order valence-corrected chi connectivity index (χ2v) is 7.00. The summed E-state index contributed by atoms with van der Waals surface area (Å²) in [7, 11) is 1.64. The topological polar surface area (TPSA) is 81.3 Å². The lowest BCUT2D eigenvalue weighted by Gasteiger charge is -2.42. The van der Waals surface area contributed by atoms with Gasteiger partial charge in [0.1, 0.15) is 11.9 Å². The van der Waals surface area contributed by atoms with E-state index in [-0.39, 0.29) is 23.9 Å². The minimum atomic E-state index is -0.288. The van der Waals surface area contributed by atoms with E-state index in [0.29, 0.717) is 32.5 Å². The molecule has 3 rings (SSSR count). The van der Waals surface area contributed by atoms with Gasteiger partial charge in [-0.05, 0) is 26.0 Å². The second-order valence-electron chi connectivity index (χ2n) is 7.00. The second kappa shape index (κ2) is 7.86.